The minimum atomic E-state index is 0.862. The number of imidazole rings is 1. The van der Waals surface area contributed by atoms with E-state index in [4.69, 9.17) is 0 Å². The monoisotopic (exact) mass is 251 g/mol. The molecule has 0 fully saturated rings. The Morgan fingerprint density at radius 2 is 2.11 bits per heavy atom. The number of nitrogens with zero attached hydrogens (tertiary/aromatic N) is 2. The van der Waals surface area contributed by atoms with Crippen LogP contribution in [0.25, 0.3) is 16.9 Å². The van der Waals surface area contributed by atoms with Gasteiger partial charge in [0.2, 0.25) is 0 Å². The Bertz CT molecular complexity index is 713. The van der Waals surface area contributed by atoms with Gasteiger partial charge in [-0.05, 0) is 37.7 Å². The van der Waals surface area contributed by atoms with E-state index >= 15 is 0 Å². The van der Waals surface area contributed by atoms with Crippen LogP contribution < -0.4 is 5.32 Å². The average Bonchev–Trinajstić information content (AvgIpc) is 2.89. The summed E-state index contributed by atoms with van der Waals surface area (Å²) in [5, 5.41) is 3.23. The summed E-state index contributed by atoms with van der Waals surface area (Å²) in [4.78, 5) is 4.35. The predicted molar refractivity (Wildman–Crippen MR) is 78.1 cm³/mol. The van der Waals surface area contributed by atoms with Gasteiger partial charge in [0.15, 0.2) is 0 Å². The molecule has 0 amide bonds. The van der Waals surface area contributed by atoms with E-state index in [0.717, 1.165) is 12.2 Å². The molecule has 3 aromatic rings. The average molecular weight is 251 g/mol. The Labute approximate surface area is 112 Å². The van der Waals surface area contributed by atoms with E-state index in [1.165, 1.54) is 22.4 Å². The molecule has 0 unspecified atom stereocenters. The van der Waals surface area contributed by atoms with Crippen LogP contribution in [0.5, 0.6) is 0 Å². The standard InChI is InChI=1S/C16H17N3/c1-12-6-7-13(11-17-2)14(10-12)15-4-3-5-16-18-8-9-19(15)16/h3-10,17H,11H2,1-2H3. The van der Waals surface area contributed by atoms with Gasteiger partial charge >= 0.3 is 0 Å². The number of fused-ring (bicyclic) bond motifs is 1. The quantitative estimate of drug-likeness (QED) is 0.775. The van der Waals surface area contributed by atoms with Crippen molar-refractivity contribution in [2.75, 3.05) is 7.05 Å². The van der Waals surface area contributed by atoms with Gasteiger partial charge in [0.25, 0.3) is 0 Å². The Balaban J connectivity index is 2.25. The molecule has 1 aromatic carbocycles. The molecule has 0 aliphatic heterocycles. The number of aromatic nitrogens is 2. The molecule has 1 N–H and O–H groups in total. The van der Waals surface area contributed by atoms with Crippen molar-refractivity contribution in [3.8, 4) is 11.3 Å². The van der Waals surface area contributed by atoms with Gasteiger partial charge in [0.05, 0.1) is 5.69 Å². The van der Waals surface area contributed by atoms with E-state index in [-0.39, 0.29) is 0 Å². The van der Waals surface area contributed by atoms with Gasteiger partial charge in [-0.1, -0.05) is 23.8 Å². The minimum Gasteiger partial charge on any atom is -0.316 e. The highest BCUT2D eigenvalue weighted by Crippen LogP contribution is 2.25. The van der Waals surface area contributed by atoms with Gasteiger partial charge < -0.3 is 5.32 Å². The molecule has 0 radical (unpaired) electrons. The summed E-state index contributed by atoms with van der Waals surface area (Å²) in [5.41, 5.74) is 6.00. The van der Waals surface area contributed by atoms with Crippen molar-refractivity contribution < 1.29 is 0 Å². The number of pyridine rings is 1. The lowest BCUT2D eigenvalue weighted by molar-refractivity contribution is 0.818. The Hall–Kier alpha value is -2.13. The van der Waals surface area contributed by atoms with Gasteiger partial charge in [-0.2, -0.15) is 0 Å². The Morgan fingerprint density at radius 3 is 2.95 bits per heavy atom. The molecule has 2 aromatic heterocycles. The minimum absolute atomic E-state index is 0.862. The third-order valence-electron chi connectivity index (χ3n) is 3.34. The van der Waals surface area contributed by atoms with Crippen molar-refractivity contribution in [2.24, 2.45) is 0 Å². The predicted octanol–water partition coefficient (Wildman–Crippen LogP) is 3.03. The fourth-order valence-corrected chi connectivity index (χ4v) is 2.44. The number of hydrogen-bond donors (Lipinski definition) is 1. The second kappa shape index (κ2) is 4.86. The number of aryl methyl sites for hydroxylation is 1. The summed E-state index contributed by atoms with van der Waals surface area (Å²) in [6, 6.07) is 12.8. The van der Waals surface area contributed by atoms with E-state index in [1.807, 2.05) is 25.5 Å². The van der Waals surface area contributed by atoms with Crippen LogP contribution in [0.1, 0.15) is 11.1 Å². The first kappa shape index (κ1) is 11.9. The van der Waals surface area contributed by atoms with E-state index in [2.05, 4.69) is 52.0 Å². The van der Waals surface area contributed by atoms with Gasteiger partial charge in [-0.3, -0.25) is 4.40 Å². The highest BCUT2D eigenvalue weighted by molar-refractivity contribution is 5.68. The van der Waals surface area contributed by atoms with Crippen LogP contribution in [-0.2, 0) is 6.54 Å². The molecule has 0 aliphatic rings. The molecule has 3 nitrogen and oxygen atoms in total. The number of hydrogen-bond acceptors (Lipinski definition) is 2. The first-order chi connectivity index (χ1) is 9.29. The zero-order valence-corrected chi connectivity index (χ0v) is 11.2. The second-order valence-corrected chi connectivity index (χ2v) is 4.76. The van der Waals surface area contributed by atoms with Crippen LogP contribution in [0.15, 0.2) is 48.8 Å². The second-order valence-electron chi connectivity index (χ2n) is 4.76. The first-order valence-corrected chi connectivity index (χ1v) is 6.46. The molecule has 19 heavy (non-hydrogen) atoms. The van der Waals surface area contributed by atoms with Gasteiger partial charge in [-0.25, -0.2) is 4.98 Å². The van der Waals surface area contributed by atoms with Crippen molar-refractivity contribution >= 4 is 5.65 Å². The van der Waals surface area contributed by atoms with Crippen LogP contribution >= 0.6 is 0 Å². The highest BCUT2D eigenvalue weighted by atomic mass is 15.0. The first-order valence-electron chi connectivity index (χ1n) is 6.46. The van der Waals surface area contributed by atoms with Crippen molar-refractivity contribution in [1.82, 2.24) is 14.7 Å². The van der Waals surface area contributed by atoms with E-state index < -0.39 is 0 Å². The molecule has 2 heterocycles. The SMILES string of the molecule is CNCc1ccc(C)cc1-c1cccc2nccn12. The van der Waals surface area contributed by atoms with Gasteiger partial charge in [0, 0.05) is 24.5 Å². The van der Waals surface area contributed by atoms with Crippen LogP contribution in [0.4, 0.5) is 0 Å². The summed E-state index contributed by atoms with van der Waals surface area (Å²) < 4.78 is 2.13. The van der Waals surface area contributed by atoms with E-state index in [0.29, 0.717) is 0 Å². The lowest BCUT2D eigenvalue weighted by Crippen LogP contribution is -2.07. The molecular weight excluding hydrogens is 234 g/mol. The largest absolute Gasteiger partial charge is 0.316 e. The van der Waals surface area contributed by atoms with E-state index in [1.54, 1.807) is 0 Å². The van der Waals surface area contributed by atoms with Gasteiger partial charge in [0.1, 0.15) is 5.65 Å². The highest BCUT2D eigenvalue weighted by Gasteiger charge is 2.08. The molecule has 0 spiro atoms. The molecule has 0 bridgehead atoms. The molecule has 0 saturated carbocycles. The number of nitrogens with one attached hydrogen (secondary N) is 1. The maximum atomic E-state index is 4.35. The van der Waals surface area contributed by atoms with Crippen LogP contribution in [0.3, 0.4) is 0 Å². The normalized spacial score (nSPS) is 11.1. The lowest BCUT2D eigenvalue weighted by atomic mass is 10.0. The van der Waals surface area contributed by atoms with E-state index in [9.17, 15) is 0 Å². The molecule has 0 aliphatic carbocycles. The van der Waals surface area contributed by atoms with Crippen molar-refractivity contribution in [1.29, 1.82) is 0 Å². The molecule has 0 atom stereocenters. The molecule has 3 heteroatoms. The topological polar surface area (TPSA) is 29.3 Å². The zero-order chi connectivity index (χ0) is 13.2. The molecule has 0 saturated heterocycles. The number of benzene rings is 1. The summed E-state index contributed by atoms with van der Waals surface area (Å²) in [7, 11) is 1.97. The maximum Gasteiger partial charge on any atom is 0.137 e. The van der Waals surface area contributed by atoms with Crippen LogP contribution in [0, 0.1) is 6.92 Å². The Morgan fingerprint density at radius 1 is 1.21 bits per heavy atom. The van der Waals surface area contributed by atoms with Gasteiger partial charge in [-0.15, -0.1) is 0 Å². The van der Waals surface area contributed by atoms with Crippen LogP contribution in [-0.4, -0.2) is 16.4 Å². The van der Waals surface area contributed by atoms with Crippen molar-refractivity contribution in [3.05, 3.63) is 59.9 Å². The van der Waals surface area contributed by atoms with Crippen molar-refractivity contribution in [2.45, 2.75) is 13.5 Å². The Kier molecular flexibility index (Phi) is 3.05. The fourth-order valence-electron chi connectivity index (χ4n) is 2.44. The maximum absolute atomic E-state index is 4.35. The zero-order valence-electron chi connectivity index (χ0n) is 11.2. The number of rotatable bonds is 3. The third-order valence-corrected chi connectivity index (χ3v) is 3.34. The lowest BCUT2D eigenvalue weighted by Gasteiger charge is -2.12. The fraction of sp³-hybridized carbons (Fsp3) is 0.188. The summed E-state index contributed by atoms with van der Waals surface area (Å²) in [6.45, 7) is 2.99. The third kappa shape index (κ3) is 2.13. The summed E-state index contributed by atoms with van der Waals surface area (Å²) in [5.74, 6) is 0. The molecular formula is C16H17N3. The van der Waals surface area contributed by atoms with Crippen molar-refractivity contribution in [3.63, 3.8) is 0 Å². The summed E-state index contributed by atoms with van der Waals surface area (Å²) in [6.07, 6.45) is 3.85. The summed E-state index contributed by atoms with van der Waals surface area (Å²) >= 11 is 0. The van der Waals surface area contributed by atoms with Crippen LogP contribution in [0.2, 0.25) is 0 Å². The smallest absolute Gasteiger partial charge is 0.137 e. The molecule has 96 valence electrons. The molecule has 3 rings (SSSR count).